The molecule has 1 aromatic rings. The molecule has 100 valence electrons. The van der Waals surface area contributed by atoms with Crippen molar-refractivity contribution in [3.05, 3.63) is 16.5 Å². The van der Waals surface area contributed by atoms with Crippen LogP contribution in [0.5, 0.6) is 0 Å². The molecule has 1 aliphatic carbocycles. The summed E-state index contributed by atoms with van der Waals surface area (Å²) in [5.41, 5.74) is 0.907. The van der Waals surface area contributed by atoms with Gasteiger partial charge in [-0.2, -0.15) is 0 Å². The molecule has 0 spiro atoms. The Morgan fingerprint density at radius 2 is 2.17 bits per heavy atom. The molecule has 1 fully saturated rings. The SMILES string of the molecule is CCOC(C)CNc1nc(C2CC2)nc(Cl)c1C. The number of nitrogens with one attached hydrogen (secondary N) is 1. The van der Waals surface area contributed by atoms with Crippen LogP contribution >= 0.6 is 11.6 Å². The van der Waals surface area contributed by atoms with Crippen LogP contribution in [-0.2, 0) is 4.74 Å². The predicted octanol–water partition coefficient (Wildman–Crippen LogP) is 3.15. The highest BCUT2D eigenvalue weighted by atomic mass is 35.5. The molecule has 0 radical (unpaired) electrons. The molecule has 18 heavy (non-hydrogen) atoms. The van der Waals surface area contributed by atoms with Crippen LogP contribution in [-0.4, -0.2) is 29.2 Å². The highest BCUT2D eigenvalue weighted by molar-refractivity contribution is 6.30. The minimum Gasteiger partial charge on any atom is -0.377 e. The molecule has 0 aromatic carbocycles. The van der Waals surface area contributed by atoms with E-state index in [9.17, 15) is 0 Å². The van der Waals surface area contributed by atoms with E-state index in [2.05, 4.69) is 15.3 Å². The second kappa shape index (κ2) is 5.85. The average molecular weight is 270 g/mol. The molecular formula is C13H20ClN3O. The predicted molar refractivity (Wildman–Crippen MR) is 73.3 cm³/mol. The lowest BCUT2D eigenvalue weighted by molar-refractivity contribution is 0.0854. The summed E-state index contributed by atoms with van der Waals surface area (Å²) in [6.45, 7) is 7.42. The summed E-state index contributed by atoms with van der Waals surface area (Å²) in [5, 5.41) is 3.85. The second-order valence-electron chi connectivity index (χ2n) is 4.77. The van der Waals surface area contributed by atoms with Gasteiger partial charge in [0.2, 0.25) is 0 Å². The van der Waals surface area contributed by atoms with Crippen LogP contribution < -0.4 is 5.32 Å². The van der Waals surface area contributed by atoms with Crippen molar-refractivity contribution in [1.82, 2.24) is 9.97 Å². The van der Waals surface area contributed by atoms with Gasteiger partial charge < -0.3 is 10.1 Å². The fourth-order valence-corrected chi connectivity index (χ4v) is 1.96. The van der Waals surface area contributed by atoms with Crippen LogP contribution in [0.2, 0.25) is 5.15 Å². The zero-order valence-electron chi connectivity index (χ0n) is 11.2. The maximum atomic E-state index is 6.14. The van der Waals surface area contributed by atoms with Gasteiger partial charge >= 0.3 is 0 Å². The Labute approximate surface area is 113 Å². The van der Waals surface area contributed by atoms with Crippen LogP contribution in [0.3, 0.4) is 0 Å². The largest absolute Gasteiger partial charge is 0.377 e. The smallest absolute Gasteiger partial charge is 0.137 e. The van der Waals surface area contributed by atoms with E-state index >= 15 is 0 Å². The molecule has 0 aliphatic heterocycles. The number of aromatic nitrogens is 2. The van der Waals surface area contributed by atoms with E-state index in [1.165, 1.54) is 12.8 Å². The zero-order valence-corrected chi connectivity index (χ0v) is 11.9. The average Bonchev–Trinajstić information content (AvgIpc) is 3.15. The third-order valence-electron chi connectivity index (χ3n) is 3.05. The molecule has 0 bridgehead atoms. The molecule has 1 N–H and O–H groups in total. The fourth-order valence-electron chi connectivity index (χ4n) is 1.79. The van der Waals surface area contributed by atoms with Crippen molar-refractivity contribution in [1.29, 1.82) is 0 Å². The van der Waals surface area contributed by atoms with Gasteiger partial charge in [-0.15, -0.1) is 0 Å². The summed E-state index contributed by atoms with van der Waals surface area (Å²) in [5.74, 6) is 2.22. The van der Waals surface area contributed by atoms with Crippen LogP contribution in [0.4, 0.5) is 5.82 Å². The number of hydrogen-bond acceptors (Lipinski definition) is 4. The molecule has 0 amide bonds. The standard InChI is InChI=1S/C13H20ClN3O/c1-4-18-8(2)7-15-12-9(3)11(14)16-13(17-12)10-5-6-10/h8,10H,4-7H2,1-3H3,(H,15,16,17). The van der Waals surface area contributed by atoms with E-state index in [1.807, 2.05) is 20.8 Å². The normalized spacial score (nSPS) is 16.7. The van der Waals surface area contributed by atoms with Crippen molar-refractivity contribution in [3.8, 4) is 0 Å². The lowest BCUT2D eigenvalue weighted by Gasteiger charge is -2.15. The maximum absolute atomic E-state index is 6.14. The Bertz CT molecular complexity index is 421. The first-order chi connectivity index (χ1) is 8.61. The first kappa shape index (κ1) is 13.6. The minimum atomic E-state index is 0.160. The molecule has 1 aromatic heterocycles. The first-order valence-electron chi connectivity index (χ1n) is 6.51. The molecule has 5 heteroatoms. The Morgan fingerprint density at radius 3 is 2.78 bits per heavy atom. The number of halogens is 1. The van der Waals surface area contributed by atoms with Crippen molar-refractivity contribution in [3.63, 3.8) is 0 Å². The monoisotopic (exact) mass is 269 g/mol. The van der Waals surface area contributed by atoms with Crippen molar-refractivity contribution >= 4 is 17.4 Å². The Balaban J connectivity index is 2.06. The quantitative estimate of drug-likeness (QED) is 0.806. The van der Waals surface area contributed by atoms with E-state index in [0.717, 1.165) is 30.4 Å². The number of rotatable bonds is 6. The molecule has 4 nitrogen and oxygen atoms in total. The molecular weight excluding hydrogens is 250 g/mol. The maximum Gasteiger partial charge on any atom is 0.137 e. The zero-order chi connectivity index (χ0) is 13.1. The number of nitrogens with zero attached hydrogens (tertiary/aromatic N) is 2. The molecule has 1 unspecified atom stereocenters. The van der Waals surface area contributed by atoms with Gasteiger partial charge in [-0.05, 0) is 33.6 Å². The van der Waals surface area contributed by atoms with Gasteiger partial charge in [-0.25, -0.2) is 9.97 Å². The summed E-state index contributed by atoms with van der Waals surface area (Å²) >= 11 is 6.14. The molecule has 0 saturated heterocycles. The Kier molecular flexibility index (Phi) is 4.40. The summed E-state index contributed by atoms with van der Waals surface area (Å²) < 4.78 is 5.48. The van der Waals surface area contributed by atoms with Crippen LogP contribution in [0.15, 0.2) is 0 Å². The Morgan fingerprint density at radius 1 is 1.44 bits per heavy atom. The van der Waals surface area contributed by atoms with Gasteiger partial charge in [-0.1, -0.05) is 11.6 Å². The van der Waals surface area contributed by atoms with E-state index in [-0.39, 0.29) is 6.10 Å². The van der Waals surface area contributed by atoms with Crippen molar-refractivity contribution in [2.24, 2.45) is 0 Å². The van der Waals surface area contributed by atoms with Crippen molar-refractivity contribution in [2.75, 3.05) is 18.5 Å². The van der Waals surface area contributed by atoms with Gasteiger partial charge in [0, 0.05) is 24.6 Å². The first-order valence-corrected chi connectivity index (χ1v) is 6.89. The highest BCUT2D eigenvalue weighted by Crippen LogP contribution is 2.39. The van der Waals surface area contributed by atoms with Crippen LogP contribution in [0.1, 0.15) is 44.0 Å². The van der Waals surface area contributed by atoms with E-state index in [0.29, 0.717) is 11.1 Å². The van der Waals surface area contributed by atoms with E-state index in [4.69, 9.17) is 16.3 Å². The second-order valence-corrected chi connectivity index (χ2v) is 5.13. The summed E-state index contributed by atoms with van der Waals surface area (Å²) in [4.78, 5) is 8.91. The van der Waals surface area contributed by atoms with Gasteiger partial charge in [0.1, 0.15) is 16.8 Å². The summed E-state index contributed by atoms with van der Waals surface area (Å²) in [6, 6.07) is 0. The van der Waals surface area contributed by atoms with Crippen LogP contribution in [0.25, 0.3) is 0 Å². The Hall–Kier alpha value is -0.870. The van der Waals surface area contributed by atoms with Gasteiger partial charge in [0.15, 0.2) is 0 Å². The molecule has 1 saturated carbocycles. The molecule has 2 rings (SSSR count). The van der Waals surface area contributed by atoms with Crippen molar-refractivity contribution < 1.29 is 4.74 Å². The lowest BCUT2D eigenvalue weighted by Crippen LogP contribution is -2.21. The van der Waals surface area contributed by atoms with Crippen LogP contribution in [0, 0.1) is 6.92 Å². The molecule has 1 atom stereocenters. The number of hydrogen-bond donors (Lipinski definition) is 1. The third-order valence-corrected chi connectivity index (χ3v) is 3.42. The summed E-state index contributed by atoms with van der Waals surface area (Å²) in [7, 11) is 0. The topological polar surface area (TPSA) is 47.0 Å². The summed E-state index contributed by atoms with van der Waals surface area (Å²) in [6.07, 6.45) is 2.51. The van der Waals surface area contributed by atoms with E-state index in [1.54, 1.807) is 0 Å². The fraction of sp³-hybridized carbons (Fsp3) is 0.692. The van der Waals surface area contributed by atoms with Crippen molar-refractivity contribution in [2.45, 2.75) is 45.6 Å². The number of ether oxygens (including phenoxy) is 1. The molecule has 1 heterocycles. The molecule has 1 aliphatic rings. The number of anilines is 1. The van der Waals surface area contributed by atoms with Gasteiger partial charge in [0.25, 0.3) is 0 Å². The minimum absolute atomic E-state index is 0.160. The highest BCUT2D eigenvalue weighted by Gasteiger charge is 2.28. The van der Waals surface area contributed by atoms with Gasteiger partial charge in [0.05, 0.1) is 6.10 Å². The van der Waals surface area contributed by atoms with Gasteiger partial charge in [-0.3, -0.25) is 0 Å². The lowest BCUT2D eigenvalue weighted by atomic mass is 10.3. The third kappa shape index (κ3) is 3.33. The van der Waals surface area contributed by atoms with E-state index < -0.39 is 0 Å².